The second kappa shape index (κ2) is 9.78. The van der Waals surface area contributed by atoms with Crippen LogP contribution < -0.4 is 15.0 Å². The molecular formula is C25H18ClN3O6. The summed E-state index contributed by atoms with van der Waals surface area (Å²) >= 11 is 6.15. The van der Waals surface area contributed by atoms with Gasteiger partial charge in [-0.3, -0.25) is 25.0 Å². The van der Waals surface area contributed by atoms with Gasteiger partial charge in [-0.1, -0.05) is 48.0 Å². The number of para-hydroxylation sites is 1. The molecular weight excluding hydrogens is 474 g/mol. The Balaban J connectivity index is 1.63. The molecule has 10 heteroatoms. The van der Waals surface area contributed by atoms with Crippen molar-refractivity contribution in [2.24, 2.45) is 0 Å². The van der Waals surface area contributed by atoms with Crippen molar-refractivity contribution in [1.82, 2.24) is 5.32 Å². The Morgan fingerprint density at radius 2 is 1.83 bits per heavy atom. The van der Waals surface area contributed by atoms with Crippen molar-refractivity contribution < 1.29 is 24.0 Å². The lowest BCUT2D eigenvalue weighted by atomic mass is 10.1. The largest absolute Gasteiger partial charge is 0.488 e. The monoisotopic (exact) mass is 491 g/mol. The van der Waals surface area contributed by atoms with Gasteiger partial charge in [-0.25, -0.2) is 9.69 Å². The van der Waals surface area contributed by atoms with Crippen molar-refractivity contribution in [2.45, 2.75) is 13.5 Å². The Kier molecular flexibility index (Phi) is 6.61. The summed E-state index contributed by atoms with van der Waals surface area (Å²) in [7, 11) is 0. The maximum atomic E-state index is 13.2. The van der Waals surface area contributed by atoms with E-state index in [9.17, 15) is 24.5 Å². The summed E-state index contributed by atoms with van der Waals surface area (Å²) in [6, 6.07) is 16.5. The van der Waals surface area contributed by atoms with Crippen molar-refractivity contribution in [2.75, 3.05) is 4.90 Å². The van der Waals surface area contributed by atoms with Crippen molar-refractivity contribution in [3.63, 3.8) is 0 Å². The first kappa shape index (κ1) is 23.7. The number of hydrogen-bond acceptors (Lipinski definition) is 6. The molecule has 176 valence electrons. The first-order chi connectivity index (χ1) is 16.7. The van der Waals surface area contributed by atoms with Crippen LogP contribution in [0.5, 0.6) is 5.75 Å². The number of hydrogen-bond donors (Lipinski definition) is 1. The van der Waals surface area contributed by atoms with Crippen LogP contribution in [0.1, 0.15) is 16.7 Å². The van der Waals surface area contributed by atoms with Crippen LogP contribution in [-0.2, 0) is 16.2 Å². The summed E-state index contributed by atoms with van der Waals surface area (Å²) in [4.78, 5) is 49.5. The van der Waals surface area contributed by atoms with Crippen LogP contribution in [0, 0.1) is 17.0 Å². The number of aryl methyl sites for hydroxylation is 1. The highest BCUT2D eigenvalue weighted by atomic mass is 35.5. The lowest BCUT2D eigenvalue weighted by Crippen LogP contribution is -2.54. The molecule has 0 aliphatic carbocycles. The highest BCUT2D eigenvalue weighted by Crippen LogP contribution is 2.28. The highest BCUT2D eigenvalue weighted by molar-refractivity contribution is 6.39. The molecule has 0 bridgehead atoms. The number of nitrogens with one attached hydrogen (secondary N) is 1. The summed E-state index contributed by atoms with van der Waals surface area (Å²) in [6.45, 7) is 1.80. The number of non-ortho nitro benzene ring substituents is 1. The molecule has 0 radical (unpaired) electrons. The Morgan fingerprint density at radius 3 is 2.57 bits per heavy atom. The Morgan fingerprint density at radius 1 is 1.06 bits per heavy atom. The number of ether oxygens (including phenoxy) is 1. The van der Waals surface area contributed by atoms with Crippen molar-refractivity contribution >= 4 is 46.9 Å². The van der Waals surface area contributed by atoms with Gasteiger partial charge in [0.05, 0.1) is 10.6 Å². The maximum absolute atomic E-state index is 13.2. The van der Waals surface area contributed by atoms with Gasteiger partial charge >= 0.3 is 6.03 Å². The molecule has 1 aliphatic rings. The summed E-state index contributed by atoms with van der Waals surface area (Å²) in [6.07, 6.45) is 1.33. The van der Waals surface area contributed by atoms with E-state index in [0.29, 0.717) is 21.9 Å². The Labute approximate surface area is 204 Å². The molecule has 3 aromatic carbocycles. The SMILES string of the molecule is Cc1ccc(N2C(=O)NC(=O)/C(=C/c3ccccc3OCc3cccc([N+](=O)[O-])c3)C2=O)cc1Cl. The molecule has 1 fully saturated rings. The molecule has 35 heavy (non-hydrogen) atoms. The van der Waals surface area contributed by atoms with E-state index in [-0.39, 0.29) is 23.6 Å². The van der Waals surface area contributed by atoms with Crippen LogP contribution in [0.4, 0.5) is 16.2 Å². The second-order valence-electron chi connectivity index (χ2n) is 7.64. The fourth-order valence-corrected chi connectivity index (χ4v) is 3.60. The van der Waals surface area contributed by atoms with Gasteiger partial charge in [-0.2, -0.15) is 0 Å². The quantitative estimate of drug-likeness (QED) is 0.229. The molecule has 0 atom stereocenters. The lowest BCUT2D eigenvalue weighted by Gasteiger charge is -2.26. The zero-order chi connectivity index (χ0) is 25.1. The molecule has 1 heterocycles. The number of halogens is 1. The highest BCUT2D eigenvalue weighted by Gasteiger charge is 2.37. The number of carbonyl (C=O) groups excluding carboxylic acids is 3. The number of amides is 4. The number of anilines is 1. The number of rotatable bonds is 6. The minimum atomic E-state index is -0.882. The third kappa shape index (κ3) is 5.04. The first-order valence-electron chi connectivity index (χ1n) is 10.4. The molecule has 4 amide bonds. The van der Waals surface area contributed by atoms with Crippen LogP contribution in [-0.4, -0.2) is 22.8 Å². The van der Waals surface area contributed by atoms with Gasteiger partial charge in [0.25, 0.3) is 17.5 Å². The molecule has 4 rings (SSSR count). The predicted molar refractivity (Wildman–Crippen MR) is 129 cm³/mol. The van der Waals surface area contributed by atoms with E-state index < -0.39 is 22.8 Å². The molecule has 9 nitrogen and oxygen atoms in total. The lowest BCUT2D eigenvalue weighted by molar-refractivity contribution is -0.384. The number of carbonyl (C=O) groups is 3. The van der Waals surface area contributed by atoms with Gasteiger partial charge in [-0.15, -0.1) is 0 Å². The van der Waals surface area contributed by atoms with Crippen LogP contribution in [0.25, 0.3) is 6.08 Å². The Hall–Kier alpha value is -4.50. The minimum Gasteiger partial charge on any atom is -0.488 e. The van der Waals surface area contributed by atoms with Crippen LogP contribution in [0.15, 0.2) is 72.3 Å². The van der Waals surface area contributed by atoms with Crippen LogP contribution in [0.2, 0.25) is 5.02 Å². The number of barbiturate groups is 1. The third-order valence-electron chi connectivity index (χ3n) is 5.25. The van der Waals surface area contributed by atoms with E-state index in [1.54, 1.807) is 55.5 Å². The third-order valence-corrected chi connectivity index (χ3v) is 5.66. The summed E-state index contributed by atoms with van der Waals surface area (Å²) in [5.74, 6) is -1.32. The smallest absolute Gasteiger partial charge is 0.335 e. The van der Waals surface area contributed by atoms with E-state index in [4.69, 9.17) is 16.3 Å². The molecule has 1 saturated heterocycles. The van der Waals surface area contributed by atoms with Gasteiger partial charge in [0, 0.05) is 22.7 Å². The number of nitro benzene ring substituents is 1. The fraction of sp³-hybridized carbons (Fsp3) is 0.0800. The number of urea groups is 1. The zero-order valence-corrected chi connectivity index (χ0v) is 19.1. The second-order valence-corrected chi connectivity index (χ2v) is 8.05. The van der Waals surface area contributed by atoms with E-state index in [1.807, 2.05) is 0 Å². The van der Waals surface area contributed by atoms with Crippen LogP contribution in [0.3, 0.4) is 0 Å². The van der Waals surface area contributed by atoms with Crippen LogP contribution >= 0.6 is 11.6 Å². The van der Waals surface area contributed by atoms with E-state index >= 15 is 0 Å². The number of nitro groups is 1. The number of imide groups is 2. The van der Waals surface area contributed by atoms with E-state index in [1.165, 1.54) is 24.3 Å². The topological polar surface area (TPSA) is 119 Å². The molecule has 1 aliphatic heterocycles. The average Bonchev–Trinajstić information content (AvgIpc) is 2.83. The maximum Gasteiger partial charge on any atom is 0.335 e. The molecule has 1 N–H and O–H groups in total. The van der Waals surface area contributed by atoms with Crippen molar-refractivity contribution in [1.29, 1.82) is 0 Å². The normalized spacial score (nSPS) is 14.7. The van der Waals surface area contributed by atoms with Gasteiger partial charge in [0.2, 0.25) is 0 Å². The summed E-state index contributed by atoms with van der Waals surface area (Å²) < 4.78 is 5.82. The predicted octanol–water partition coefficient (Wildman–Crippen LogP) is 4.80. The molecule has 0 aromatic heterocycles. The molecule has 0 saturated carbocycles. The van der Waals surface area contributed by atoms with Gasteiger partial charge in [-0.05, 0) is 42.3 Å². The average molecular weight is 492 g/mol. The van der Waals surface area contributed by atoms with Gasteiger partial charge in [0.1, 0.15) is 17.9 Å². The summed E-state index contributed by atoms with van der Waals surface area (Å²) in [5, 5.41) is 13.5. The minimum absolute atomic E-state index is 0.0223. The van der Waals surface area contributed by atoms with Gasteiger partial charge in [0.15, 0.2) is 0 Å². The van der Waals surface area contributed by atoms with E-state index in [2.05, 4.69) is 5.32 Å². The van der Waals surface area contributed by atoms with Gasteiger partial charge < -0.3 is 4.74 Å². The van der Waals surface area contributed by atoms with E-state index in [0.717, 1.165) is 10.5 Å². The first-order valence-corrected chi connectivity index (χ1v) is 10.7. The summed E-state index contributed by atoms with van der Waals surface area (Å²) in [5.41, 5.74) is 1.63. The number of nitrogens with zero attached hydrogens (tertiary/aromatic N) is 2. The number of benzene rings is 3. The Bertz CT molecular complexity index is 1400. The fourth-order valence-electron chi connectivity index (χ4n) is 3.42. The zero-order valence-electron chi connectivity index (χ0n) is 18.4. The molecule has 3 aromatic rings. The standard InChI is InChI=1S/C25H18ClN3O6/c1-15-9-10-18(13-21(15)26)28-24(31)20(23(30)27-25(28)32)12-17-6-2-3-8-22(17)35-14-16-5-4-7-19(11-16)29(33)34/h2-13H,14H2,1H3,(H,27,30,32)/b20-12-. The van der Waals surface area contributed by atoms with Crippen molar-refractivity contribution in [3.05, 3.63) is 104 Å². The van der Waals surface area contributed by atoms with Crippen molar-refractivity contribution in [3.8, 4) is 5.75 Å². The molecule has 0 unspecified atom stereocenters. The molecule has 0 spiro atoms.